The molecule has 0 spiro atoms. The number of rotatable bonds is 7. The summed E-state index contributed by atoms with van der Waals surface area (Å²) in [6.07, 6.45) is -0.869. The van der Waals surface area contributed by atoms with E-state index in [2.05, 4.69) is 21.6 Å². The van der Waals surface area contributed by atoms with E-state index in [1.54, 1.807) is 30.3 Å². The lowest BCUT2D eigenvalue weighted by Gasteiger charge is -2.16. The van der Waals surface area contributed by atoms with Gasteiger partial charge in [-0.05, 0) is 24.3 Å². The molecule has 1 atom stereocenters. The number of esters is 1. The van der Waals surface area contributed by atoms with E-state index in [4.69, 9.17) is 16.3 Å². The number of hydrogen-bond donors (Lipinski definition) is 2. The fourth-order valence-corrected chi connectivity index (χ4v) is 2.94. The normalized spacial score (nSPS) is 11.6. The van der Waals surface area contributed by atoms with Crippen LogP contribution < -0.4 is 10.1 Å². The highest BCUT2D eigenvalue weighted by molar-refractivity contribution is 6.30. The number of nitrogens with one attached hydrogen (secondary N) is 1. The van der Waals surface area contributed by atoms with E-state index in [-0.39, 0.29) is 16.3 Å². The second-order valence-corrected chi connectivity index (χ2v) is 6.36. The Morgan fingerprint density at radius 1 is 1.28 bits per heavy atom. The van der Waals surface area contributed by atoms with E-state index in [1.807, 2.05) is 18.2 Å². The Morgan fingerprint density at radius 3 is 2.66 bits per heavy atom. The second-order valence-electron chi connectivity index (χ2n) is 6.01. The first-order chi connectivity index (χ1) is 13.9. The van der Waals surface area contributed by atoms with E-state index >= 15 is 0 Å². The van der Waals surface area contributed by atoms with Crippen molar-refractivity contribution in [3.05, 3.63) is 71.4 Å². The average molecular weight is 413 g/mol. The quantitative estimate of drug-likeness (QED) is 0.263. The highest BCUT2D eigenvalue weighted by Crippen LogP contribution is 2.36. The summed E-state index contributed by atoms with van der Waals surface area (Å²) in [5.74, 6) is 0.184. The van der Waals surface area contributed by atoms with E-state index in [0.717, 1.165) is 0 Å². The monoisotopic (exact) mass is 412 g/mol. The third-order valence-electron chi connectivity index (χ3n) is 4.15. The van der Waals surface area contributed by atoms with Crippen molar-refractivity contribution in [2.24, 2.45) is 0 Å². The number of aliphatic hydroxyl groups is 1. The number of carbonyl (C=O) groups is 2. The first kappa shape index (κ1) is 20.3. The Hall–Kier alpha value is -3.42. The zero-order valence-electron chi connectivity index (χ0n) is 15.4. The molecular weight excluding hydrogens is 396 g/mol. The number of benzene rings is 2. The topological polar surface area (TPSA) is 97.8 Å². The van der Waals surface area contributed by atoms with Crippen molar-refractivity contribution in [3.63, 3.8) is 0 Å². The molecule has 0 radical (unpaired) electrons. The molecule has 148 valence electrons. The molecule has 1 unspecified atom stereocenters. The van der Waals surface area contributed by atoms with E-state index in [1.165, 1.54) is 7.11 Å². The number of aliphatic hydroxyl groups excluding tert-OH is 1. The summed E-state index contributed by atoms with van der Waals surface area (Å²) in [4.78, 5) is 27.0. The van der Waals surface area contributed by atoms with Crippen LogP contribution in [0, 0.1) is 0 Å². The van der Waals surface area contributed by atoms with Gasteiger partial charge in [-0.1, -0.05) is 36.4 Å². The number of aromatic nitrogens is 1. The fourth-order valence-electron chi connectivity index (χ4n) is 2.69. The molecule has 1 amide bonds. The van der Waals surface area contributed by atoms with Crippen LogP contribution in [0.25, 0.3) is 10.9 Å². The Morgan fingerprint density at radius 2 is 2.00 bits per heavy atom. The van der Waals surface area contributed by atoms with Gasteiger partial charge in [-0.15, -0.1) is 0 Å². The van der Waals surface area contributed by atoms with Crippen molar-refractivity contribution < 1.29 is 24.2 Å². The molecule has 0 bridgehead atoms. The van der Waals surface area contributed by atoms with E-state index in [9.17, 15) is 14.7 Å². The molecule has 29 heavy (non-hydrogen) atoms. The van der Waals surface area contributed by atoms with Gasteiger partial charge in [0.15, 0.2) is 5.75 Å². The van der Waals surface area contributed by atoms with Gasteiger partial charge in [-0.25, -0.2) is 9.78 Å². The predicted octanol–water partition coefficient (Wildman–Crippen LogP) is 4.01. The van der Waals surface area contributed by atoms with Crippen LogP contribution in [-0.4, -0.2) is 29.6 Å². The third-order valence-corrected chi connectivity index (χ3v) is 4.46. The van der Waals surface area contributed by atoms with Gasteiger partial charge < -0.3 is 19.9 Å². The minimum absolute atomic E-state index is 0.00295. The molecule has 1 heterocycles. The maximum Gasteiger partial charge on any atom is 0.336 e. The maximum atomic E-state index is 11.6. The molecule has 3 aromatic rings. The minimum atomic E-state index is -1.39. The van der Waals surface area contributed by atoms with Gasteiger partial charge in [-0.3, -0.25) is 4.79 Å². The summed E-state index contributed by atoms with van der Waals surface area (Å²) in [6.45, 7) is 3.54. The smallest absolute Gasteiger partial charge is 0.336 e. The Kier molecular flexibility index (Phi) is 6.11. The average Bonchev–Trinajstić information content (AvgIpc) is 2.73. The molecule has 7 nitrogen and oxygen atoms in total. The third kappa shape index (κ3) is 4.37. The second kappa shape index (κ2) is 8.72. The number of hydrogen-bond acceptors (Lipinski definition) is 6. The highest BCUT2D eigenvalue weighted by Gasteiger charge is 2.23. The van der Waals surface area contributed by atoms with Crippen LogP contribution in [-0.2, 0) is 14.3 Å². The molecule has 1 aromatic heterocycles. The first-order valence-corrected chi connectivity index (χ1v) is 8.85. The lowest BCUT2D eigenvalue weighted by Crippen LogP contribution is -2.12. The summed E-state index contributed by atoms with van der Waals surface area (Å²) in [5.41, 5.74) is 0.874. The van der Waals surface area contributed by atoms with E-state index < -0.39 is 12.1 Å². The van der Waals surface area contributed by atoms with Gasteiger partial charge in [0.2, 0.25) is 6.41 Å². The molecule has 2 aromatic carbocycles. The Balaban J connectivity index is 2.07. The van der Waals surface area contributed by atoms with Gasteiger partial charge in [0.05, 0.1) is 23.9 Å². The number of para-hydroxylation sites is 1. The lowest BCUT2D eigenvalue weighted by atomic mass is 10.0. The molecule has 0 aliphatic heterocycles. The fraction of sp³-hybridized carbons (Fsp3) is 0.0952. The van der Waals surface area contributed by atoms with E-state index in [0.29, 0.717) is 34.5 Å². The number of carbonyl (C=O) groups excluding carboxylic acids is 2. The van der Waals surface area contributed by atoms with Crippen molar-refractivity contribution >= 4 is 40.6 Å². The van der Waals surface area contributed by atoms with Crippen LogP contribution in [0.5, 0.6) is 11.5 Å². The summed E-state index contributed by atoms with van der Waals surface area (Å²) in [7, 11) is 1.19. The Bertz CT molecular complexity index is 1090. The van der Waals surface area contributed by atoms with Gasteiger partial charge >= 0.3 is 5.97 Å². The van der Waals surface area contributed by atoms with Gasteiger partial charge in [0, 0.05) is 17.0 Å². The van der Waals surface area contributed by atoms with Gasteiger partial charge in [0.1, 0.15) is 17.0 Å². The van der Waals surface area contributed by atoms with Crippen LogP contribution in [0.1, 0.15) is 11.7 Å². The number of pyridine rings is 1. The van der Waals surface area contributed by atoms with Crippen LogP contribution in [0.2, 0.25) is 5.15 Å². The first-order valence-electron chi connectivity index (χ1n) is 8.47. The van der Waals surface area contributed by atoms with Crippen molar-refractivity contribution in [2.45, 2.75) is 6.10 Å². The van der Waals surface area contributed by atoms with Crippen molar-refractivity contribution in [2.75, 3.05) is 12.4 Å². The number of fused-ring (bicyclic) bond motifs is 1. The molecule has 3 rings (SSSR count). The molecular formula is C21H17ClN2O5. The predicted molar refractivity (Wildman–Crippen MR) is 109 cm³/mol. The van der Waals surface area contributed by atoms with Crippen molar-refractivity contribution in [1.29, 1.82) is 0 Å². The largest absolute Gasteiger partial charge is 0.466 e. The SMILES string of the molecule is C=C(C(=O)OC)C(O)c1cc2cc(NC=O)c(Oc3ccccc3)cc2nc1Cl. The molecule has 0 saturated carbocycles. The number of nitrogens with zero attached hydrogens (tertiary/aromatic N) is 1. The molecule has 8 heteroatoms. The van der Waals surface area contributed by atoms with Crippen LogP contribution in [0.3, 0.4) is 0 Å². The molecule has 0 saturated heterocycles. The number of ether oxygens (including phenoxy) is 2. The van der Waals surface area contributed by atoms with Crippen LogP contribution in [0.4, 0.5) is 5.69 Å². The standard InChI is InChI=1S/C21H17ClN2O5/c1-12(21(27)28-2)19(26)15-8-13-9-17(23-11-25)18(10-16(13)24-20(15)22)29-14-6-4-3-5-7-14/h3-11,19,26H,1H2,2H3,(H,23,25). The molecule has 0 fully saturated rings. The summed E-state index contributed by atoms with van der Waals surface area (Å²) in [5, 5.41) is 13.6. The molecule has 2 N–H and O–H groups in total. The van der Waals surface area contributed by atoms with Gasteiger partial charge in [0.25, 0.3) is 0 Å². The summed E-state index contributed by atoms with van der Waals surface area (Å²) < 4.78 is 10.4. The molecule has 0 aliphatic carbocycles. The van der Waals surface area contributed by atoms with Gasteiger partial charge in [-0.2, -0.15) is 0 Å². The zero-order chi connectivity index (χ0) is 21.0. The minimum Gasteiger partial charge on any atom is -0.466 e. The Labute approximate surface area is 171 Å². The number of halogens is 1. The zero-order valence-corrected chi connectivity index (χ0v) is 16.1. The maximum absolute atomic E-state index is 11.6. The number of amides is 1. The highest BCUT2D eigenvalue weighted by atomic mass is 35.5. The van der Waals surface area contributed by atoms with Crippen LogP contribution in [0.15, 0.2) is 60.7 Å². The molecule has 0 aliphatic rings. The lowest BCUT2D eigenvalue weighted by molar-refractivity contribution is -0.137. The summed E-state index contributed by atoms with van der Waals surface area (Å²) >= 11 is 6.23. The number of methoxy groups -OCH3 is 1. The summed E-state index contributed by atoms with van der Waals surface area (Å²) in [6, 6.07) is 13.8. The number of anilines is 1. The van der Waals surface area contributed by atoms with Crippen molar-refractivity contribution in [1.82, 2.24) is 4.98 Å². The van der Waals surface area contributed by atoms with Crippen molar-refractivity contribution in [3.8, 4) is 11.5 Å². The van der Waals surface area contributed by atoms with Crippen LogP contribution >= 0.6 is 11.6 Å².